The summed E-state index contributed by atoms with van der Waals surface area (Å²) in [5.74, 6) is -0.675. The summed E-state index contributed by atoms with van der Waals surface area (Å²) < 4.78 is 64.7. The largest absolute Gasteiger partial charge is 0.352 e. The normalized spacial score (nSPS) is 13.4. The maximum absolute atomic E-state index is 13.7. The van der Waals surface area contributed by atoms with Gasteiger partial charge in [0.1, 0.15) is 17.2 Å². The molecular weight excluding hydrogens is 471 g/mol. The molecule has 0 radical (unpaired) electrons. The summed E-state index contributed by atoms with van der Waals surface area (Å²) in [6.45, 7) is 0. The first kappa shape index (κ1) is 22.1. The van der Waals surface area contributed by atoms with Crippen LogP contribution in [0.2, 0.25) is 0 Å². The van der Waals surface area contributed by atoms with E-state index >= 15 is 0 Å². The van der Waals surface area contributed by atoms with Gasteiger partial charge in [0.2, 0.25) is 0 Å². The van der Waals surface area contributed by atoms with E-state index in [-0.39, 0.29) is 33.3 Å². The van der Waals surface area contributed by atoms with E-state index in [4.69, 9.17) is 0 Å². The summed E-state index contributed by atoms with van der Waals surface area (Å²) in [6.07, 6.45) is 0.814. The molecule has 0 saturated carbocycles. The number of aromatic nitrogens is 5. The van der Waals surface area contributed by atoms with E-state index in [1.807, 2.05) is 6.07 Å². The van der Waals surface area contributed by atoms with Gasteiger partial charge in [-0.3, -0.25) is 0 Å². The maximum atomic E-state index is 13.7. The lowest BCUT2D eigenvalue weighted by Gasteiger charge is -2.13. The number of alkyl halides is 2. The Morgan fingerprint density at radius 1 is 1.00 bits per heavy atom. The first-order valence-corrected chi connectivity index (χ1v) is 12.1. The molecule has 9 nitrogen and oxygen atoms in total. The van der Waals surface area contributed by atoms with Gasteiger partial charge in [-0.15, -0.1) is 5.10 Å². The third-order valence-corrected chi connectivity index (χ3v) is 6.50. The number of imidazole rings is 1. The number of aromatic amines is 1. The monoisotopic (exact) mass is 489 g/mol. The molecule has 0 saturated heterocycles. The first-order valence-electron chi connectivity index (χ1n) is 10.3. The average molecular weight is 489 g/mol. The Morgan fingerprint density at radius 2 is 1.82 bits per heavy atom. The second kappa shape index (κ2) is 8.24. The number of hydrogen-bond donors (Lipinski definition) is 3. The molecule has 0 amide bonds. The molecule has 3 heterocycles. The quantitative estimate of drug-likeness (QED) is 0.368. The molecule has 3 aromatic heterocycles. The summed E-state index contributed by atoms with van der Waals surface area (Å²) in [7, 11) is -3.80. The van der Waals surface area contributed by atoms with Crippen molar-refractivity contribution in [3.05, 3.63) is 53.2 Å². The minimum Gasteiger partial charge on any atom is -0.352 e. The number of H-pyrrole nitrogens is 1. The molecule has 1 aromatic carbocycles. The highest BCUT2D eigenvalue weighted by molar-refractivity contribution is 7.90. The molecule has 5 rings (SSSR count). The Labute approximate surface area is 191 Å². The molecule has 34 heavy (non-hydrogen) atoms. The van der Waals surface area contributed by atoms with Crippen molar-refractivity contribution in [2.45, 2.75) is 30.6 Å². The topological polar surface area (TPSA) is 126 Å². The zero-order valence-corrected chi connectivity index (χ0v) is 18.5. The van der Waals surface area contributed by atoms with Gasteiger partial charge in [0, 0.05) is 12.3 Å². The number of pyridine rings is 1. The molecule has 0 fully saturated rings. The Balaban J connectivity index is 1.59. The lowest BCUT2D eigenvalue weighted by Crippen LogP contribution is -2.05. The van der Waals surface area contributed by atoms with Crippen LogP contribution >= 0.6 is 0 Å². The van der Waals surface area contributed by atoms with Gasteiger partial charge in [0.15, 0.2) is 27.1 Å². The molecule has 4 aromatic rings. The van der Waals surface area contributed by atoms with Crippen LogP contribution in [0.15, 0.2) is 35.2 Å². The number of fused-ring (bicyclic) bond motifs is 2. The van der Waals surface area contributed by atoms with Gasteiger partial charge in [-0.2, -0.15) is 5.10 Å². The van der Waals surface area contributed by atoms with Gasteiger partial charge in [0.25, 0.3) is 6.43 Å². The number of benzene rings is 1. The highest BCUT2D eigenvalue weighted by atomic mass is 32.2. The van der Waals surface area contributed by atoms with E-state index in [9.17, 15) is 21.6 Å². The molecule has 1 aliphatic carbocycles. The van der Waals surface area contributed by atoms with Crippen LogP contribution in [0.25, 0.3) is 11.2 Å². The van der Waals surface area contributed by atoms with Crippen molar-refractivity contribution in [1.82, 2.24) is 25.1 Å². The van der Waals surface area contributed by atoms with Crippen molar-refractivity contribution in [1.29, 1.82) is 0 Å². The molecule has 0 aliphatic heterocycles. The summed E-state index contributed by atoms with van der Waals surface area (Å²) in [4.78, 5) is 10.4. The van der Waals surface area contributed by atoms with E-state index in [1.165, 1.54) is 12.1 Å². The Hall–Kier alpha value is -3.74. The van der Waals surface area contributed by atoms with E-state index in [0.717, 1.165) is 48.9 Å². The van der Waals surface area contributed by atoms with Gasteiger partial charge in [-0.1, -0.05) is 0 Å². The summed E-state index contributed by atoms with van der Waals surface area (Å²) in [5, 5.41) is 14.2. The third-order valence-electron chi connectivity index (χ3n) is 5.37. The van der Waals surface area contributed by atoms with E-state index in [1.54, 1.807) is 0 Å². The Morgan fingerprint density at radius 3 is 2.59 bits per heavy atom. The van der Waals surface area contributed by atoms with Crippen LogP contribution in [0.4, 0.5) is 36.2 Å². The molecule has 0 spiro atoms. The van der Waals surface area contributed by atoms with Gasteiger partial charge < -0.3 is 15.6 Å². The van der Waals surface area contributed by atoms with Crippen molar-refractivity contribution in [2.24, 2.45) is 0 Å². The number of sulfone groups is 1. The van der Waals surface area contributed by atoms with Gasteiger partial charge >= 0.3 is 0 Å². The number of hydrogen-bond acceptors (Lipinski definition) is 8. The minimum atomic E-state index is -3.80. The SMILES string of the molecule is CS(=O)(=O)c1cc(F)ccc1Nc1cc(Nc2cc3c(nn2)CCC3)nc2[nH]c(C(F)F)nc12. The predicted molar refractivity (Wildman–Crippen MR) is 119 cm³/mol. The van der Waals surface area contributed by atoms with E-state index < -0.39 is 27.9 Å². The standard InChI is InChI=1S/C21H18F3N7O2S/c1-34(32,33)15-8-11(22)5-6-13(15)25-14-9-16(27-20-18(14)28-21(29-20)19(23)24)26-17-7-10-3-2-4-12(10)30-31-17/h5-9,19H,2-4H2,1H3,(H3,25,26,27,28,29,31). The zero-order chi connectivity index (χ0) is 24.0. The van der Waals surface area contributed by atoms with Crippen LogP contribution in [0.1, 0.15) is 29.9 Å². The van der Waals surface area contributed by atoms with Crippen molar-refractivity contribution < 1.29 is 21.6 Å². The van der Waals surface area contributed by atoms with Crippen molar-refractivity contribution in [3.63, 3.8) is 0 Å². The van der Waals surface area contributed by atoms with Crippen molar-refractivity contribution >= 4 is 44.0 Å². The second-order valence-electron chi connectivity index (χ2n) is 7.89. The maximum Gasteiger partial charge on any atom is 0.295 e. The fourth-order valence-corrected chi connectivity index (χ4v) is 4.69. The Kier molecular flexibility index (Phi) is 5.35. The summed E-state index contributed by atoms with van der Waals surface area (Å²) in [5.41, 5.74) is 2.35. The third kappa shape index (κ3) is 4.25. The number of rotatable bonds is 6. The predicted octanol–water partition coefficient (Wildman–Crippen LogP) is 4.20. The number of aryl methyl sites for hydroxylation is 2. The molecule has 0 atom stereocenters. The van der Waals surface area contributed by atoms with Crippen LogP contribution in [0, 0.1) is 5.82 Å². The smallest absolute Gasteiger partial charge is 0.295 e. The van der Waals surface area contributed by atoms with E-state index in [2.05, 4.69) is 35.8 Å². The average Bonchev–Trinajstić information content (AvgIpc) is 3.41. The minimum absolute atomic E-state index is 0.0416. The van der Waals surface area contributed by atoms with Crippen LogP contribution in [0.3, 0.4) is 0 Å². The van der Waals surface area contributed by atoms with Crippen LogP contribution in [-0.2, 0) is 22.7 Å². The highest BCUT2D eigenvalue weighted by Crippen LogP contribution is 2.33. The van der Waals surface area contributed by atoms with Crippen LogP contribution in [-0.4, -0.2) is 39.8 Å². The second-order valence-corrected chi connectivity index (χ2v) is 9.88. The molecule has 0 unspecified atom stereocenters. The van der Waals surface area contributed by atoms with Crippen molar-refractivity contribution in [2.75, 3.05) is 16.9 Å². The summed E-state index contributed by atoms with van der Waals surface area (Å²) in [6, 6.07) is 6.54. The number of anilines is 4. The number of halogens is 3. The molecular formula is C21H18F3N7O2S. The molecule has 176 valence electrons. The lowest BCUT2D eigenvalue weighted by atomic mass is 10.2. The first-order chi connectivity index (χ1) is 16.2. The van der Waals surface area contributed by atoms with E-state index in [0.29, 0.717) is 5.82 Å². The highest BCUT2D eigenvalue weighted by Gasteiger charge is 2.20. The number of nitrogens with one attached hydrogen (secondary N) is 3. The van der Waals surface area contributed by atoms with Gasteiger partial charge in [-0.25, -0.2) is 31.6 Å². The lowest BCUT2D eigenvalue weighted by molar-refractivity contribution is 0.142. The molecule has 13 heteroatoms. The van der Waals surface area contributed by atoms with Crippen molar-refractivity contribution in [3.8, 4) is 0 Å². The Bertz CT molecular complexity index is 1520. The van der Waals surface area contributed by atoms with Gasteiger partial charge in [0.05, 0.1) is 22.0 Å². The number of nitrogens with zero attached hydrogens (tertiary/aromatic N) is 4. The summed E-state index contributed by atoms with van der Waals surface area (Å²) >= 11 is 0. The fourth-order valence-electron chi connectivity index (χ4n) is 3.84. The molecule has 0 bridgehead atoms. The van der Waals surface area contributed by atoms with Crippen LogP contribution in [0.5, 0.6) is 0 Å². The van der Waals surface area contributed by atoms with Gasteiger partial charge in [-0.05, 0) is 49.1 Å². The molecule has 3 N–H and O–H groups in total. The molecule has 1 aliphatic rings. The van der Waals surface area contributed by atoms with Crippen LogP contribution < -0.4 is 10.6 Å². The zero-order valence-electron chi connectivity index (χ0n) is 17.7. The fraction of sp³-hybridized carbons (Fsp3) is 0.238.